The van der Waals surface area contributed by atoms with E-state index < -0.39 is 18.0 Å². The van der Waals surface area contributed by atoms with E-state index in [1.807, 2.05) is 0 Å². The molecule has 2 rings (SSSR count). The van der Waals surface area contributed by atoms with Crippen LogP contribution in [-0.2, 0) is 19.1 Å². The number of hydrogen-bond acceptors (Lipinski definition) is 4. The van der Waals surface area contributed by atoms with E-state index in [0.29, 0.717) is 12.0 Å². The first kappa shape index (κ1) is 11.8. The normalized spacial score (nSPS) is 31.9. The van der Waals surface area contributed by atoms with Crippen LogP contribution in [0.1, 0.15) is 20.3 Å². The van der Waals surface area contributed by atoms with Crippen LogP contribution < -0.4 is 0 Å². The third-order valence-electron chi connectivity index (χ3n) is 3.22. The van der Waals surface area contributed by atoms with Crippen LogP contribution in [0, 0.1) is 11.8 Å². The Balaban J connectivity index is 2.32. The van der Waals surface area contributed by atoms with Crippen molar-refractivity contribution in [2.75, 3.05) is 0 Å². The topological polar surface area (TPSA) is 60.4 Å². The fourth-order valence-corrected chi connectivity index (χ4v) is 2.46. The molecule has 0 aromatic rings. The highest BCUT2D eigenvalue weighted by atomic mass is 16.5. The fraction of sp³-hybridized carbons (Fsp3) is 0.462. The van der Waals surface area contributed by atoms with Gasteiger partial charge in [-0.3, -0.25) is 14.4 Å². The molecule has 2 aliphatic carbocycles. The highest BCUT2D eigenvalue weighted by Gasteiger charge is 2.43. The van der Waals surface area contributed by atoms with Gasteiger partial charge in [0.25, 0.3) is 0 Å². The summed E-state index contributed by atoms with van der Waals surface area (Å²) in [4.78, 5) is 34.8. The Morgan fingerprint density at radius 3 is 2.76 bits per heavy atom. The summed E-state index contributed by atoms with van der Waals surface area (Å²) in [6.07, 6.45) is 4.80. The molecule has 3 atom stereocenters. The first-order chi connectivity index (χ1) is 8.00. The predicted octanol–water partition coefficient (Wildman–Crippen LogP) is 1.21. The summed E-state index contributed by atoms with van der Waals surface area (Å²) in [7, 11) is 0. The number of ketones is 2. The van der Waals surface area contributed by atoms with E-state index >= 15 is 0 Å². The Labute approximate surface area is 99.3 Å². The van der Waals surface area contributed by atoms with E-state index in [0.717, 1.165) is 0 Å². The van der Waals surface area contributed by atoms with Gasteiger partial charge in [-0.05, 0) is 31.1 Å². The fourth-order valence-electron chi connectivity index (χ4n) is 2.46. The number of hydrogen-bond donors (Lipinski definition) is 0. The molecule has 0 spiro atoms. The lowest BCUT2D eigenvalue weighted by Crippen LogP contribution is -2.44. The molecule has 90 valence electrons. The van der Waals surface area contributed by atoms with Gasteiger partial charge in [0.15, 0.2) is 11.6 Å². The number of Topliss-reactive ketones (excluding diaryl/α,β-unsaturated/α-hetero) is 1. The zero-order valence-corrected chi connectivity index (χ0v) is 9.80. The van der Waals surface area contributed by atoms with Crippen LogP contribution in [0.2, 0.25) is 0 Å². The maximum absolute atomic E-state index is 11.9. The molecule has 0 aromatic heterocycles. The summed E-state index contributed by atoms with van der Waals surface area (Å²) >= 11 is 0. The molecule has 0 aliphatic heterocycles. The maximum atomic E-state index is 11.9. The monoisotopic (exact) mass is 234 g/mol. The first-order valence-electron chi connectivity index (χ1n) is 5.61. The third-order valence-corrected chi connectivity index (χ3v) is 3.22. The molecule has 0 fully saturated rings. The van der Waals surface area contributed by atoms with E-state index in [9.17, 15) is 14.4 Å². The molecule has 3 unspecified atom stereocenters. The van der Waals surface area contributed by atoms with Gasteiger partial charge in [0, 0.05) is 12.8 Å². The molecule has 0 amide bonds. The van der Waals surface area contributed by atoms with Gasteiger partial charge in [-0.1, -0.05) is 6.08 Å². The molecule has 2 aliphatic rings. The molecule has 0 heterocycles. The highest BCUT2D eigenvalue weighted by Crippen LogP contribution is 2.34. The molecular weight excluding hydrogens is 220 g/mol. The maximum Gasteiger partial charge on any atom is 0.303 e. The standard InChI is InChI=1S/C13H14O4/c1-7-6-10(15)12-9(13(7)16)4-3-5-11(12)17-8(2)14/h3,5-6,9,11-12H,4H2,1-2H3. The van der Waals surface area contributed by atoms with Crippen molar-refractivity contribution < 1.29 is 19.1 Å². The van der Waals surface area contributed by atoms with Crippen LogP contribution in [0.15, 0.2) is 23.8 Å². The Morgan fingerprint density at radius 1 is 1.41 bits per heavy atom. The SMILES string of the molecule is CC(=O)OC1C=CCC2C(=O)C(C)=CC(=O)C12. The van der Waals surface area contributed by atoms with Gasteiger partial charge in [0.1, 0.15) is 6.10 Å². The van der Waals surface area contributed by atoms with Crippen LogP contribution in [0.5, 0.6) is 0 Å². The van der Waals surface area contributed by atoms with Gasteiger partial charge in [-0.25, -0.2) is 0 Å². The quantitative estimate of drug-likeness (QED) is 0.505. The van der Waals surface area contributed by atoms with Crippen LogP contribution in [0.3, 0.4) is 0 Å². The van der Waals surface area contributed by atoms with Crippen molar-refractivity contribution >= 4 is 17.5 Å². The molecule has 0 saturated heterocycles. The Hall–Kier alpha value is -1.71. The molecular formula is C13H14O4. The second kappa shape index (κ2) is 4.28. The highest BCUT2D eigenvalue weighted by molar-refractivity contribution is 6.10. The number of carbonyl (C=O) groups is 3. The summed E-state index contributed by atoms with van der Waals surface area (Å²) in [6, 6.07) is 0. The van der Waals surface area contributed by atoms with Crippen LogP contribution >= 0.6 is 0 Å². The molecule has 0 aromatic carbocycles. The van der Waals surface area contributed by atoms with E-state index in [-0.39, 0.29) is 17.5 Å². The zero-order valence-electron chi connectivity index (χ0n) is 9.80. The predicted molar refractivity (Wildman–Crippen MR) is 60.1 cm³/mol. The van der Waals surface area contributed by atoms with Gasteiger partial charge in [-0.2, -0.15) is 0 Å². The Kier molecular flexibility index (Phi) is 2.96. The average molecular weight is 234 g/mol. The third kappa shape index (κ3) is 2.07. The van der Waals surface area contributed by atoms with Gasteiger partial charge in [-0.15, -0.1) is 0 Å². The van der Waals surface area contributed by atoms with Crippen molar-refractivity contribution in [3.8, 4) is 0 Å². The van der Waals surface area contributed by atoms with Crippen molar-refractivity contribution in [1.82, 2.24) is 0 Å². The van der Waals surface area contributed by atoms with Crippen molar-refractivity contribution in [3.05, 3.63) is 23.8 Å². The molecule has 4 nitrogen and oxygen atoms in total. The lowest BCUT2D eigenvalue weighted by Gasteiger charge is -2.34. The number of carbonyl (C=O) groups excluding carboxylic acids is 3. The number of ether oxygens (including phenoxy) is 1. The van der Waals surface area contributed by atoms with E-state index in [1.54, 1.807) is 19.1 Å². The van der Waals surface area contributed by atoms with E-state index in [1.165, 1.54) is 13.0 Å². The second-order valence-corrected chi connectivity index (χ2v) is 4.46. The average Bonchev–Trinajstić information content (AvgIpc) is 2.25. The van der Waals surface area contributed by atoms with Crippen LogP contribution in [0.4, 0.5) is 0 Å². The lowest BCUT2D eigenvalue weighted by atomic mass is 9.71. The first-order valence-corrected chi connectivity index (χ1v) is 5.61. The smallest absolute Gasteiger partial charge is 0.303 e. The van der Waals surface area contributed by atoms with Crippen molar-refractivity contribution in [1.29, 1.82) is 0 Å². The zero-order chi connectivity index (χ0) is 12.6. The van der Waals surface area contributed by atoms with Gasteiger partial charge in [0.2, 0.25) is 0 Å². The molecule has 4 heteroatoms. The van der Waals surface area contributed by atoms with Crippen molar-refractivity contribution in [2.24, 2.45) is 11.8 Å². The minimum Gasteiger partial charge on any atom is -0.458 e. The molecule has 0 bridgehead atoms. The summed E-state index contributed by atoms with van der Waals surface area (Å²) < 4.78 is 5.09. The summed E-state index contributed by atoms with van der Waals surface area (Å²) in [6.45, 7) is 2.95. The molecule has 0 N–H and O–H groups in total. The largest absolute Gasteiger partial charge is 0.458 e. The van der Waals surface area contributed by atoms with Gasteiger partial charge >= 0.3 is 5.97 Å². The Morgan fingerprint density at radius 2 is 2.12 bits per heavy atom. The number of allylic oxidation sites excluding steroid dienone is 3. The molecule has 0 radical (unpaired) electrons. The number of esters is 1. The van der Waals surface area contributed by atoms with Crippen molar-refractivity contribution in [2.45, 2.75) is 26.4 Å². The van der Waals surface area contributed by atoms with Crippen LogP contribution in [0.25, 0.3) is 0 Å². The summed E-state index contributed by atoms with van der Waals surface area (Å²) in [5, 5.41) is 0. The summed E-state index contributed by atoms with van der Waals surface area (Å²) in [5.74, 6) is -1.49. The summed E-state index contributed by atoms with van der Waals surface area (Å²) in [5.41, 5.74) is 0.494. The molecule has 17 heavy (non-hydrogen) atoms. The number of fused-ring (bicyclic) bond motifs is 1. The number of rotatable bonds is 1. The molecule has 0 saturated carbocycles. The minimum atomic E-state index is -0.605. The lowest BCUT2D eigenvalue weighted by molar-refractivity contribution is -0.151. The van der Waals surface area contributed by atoms with Crippen molar-refractivity contribution in [3.63, 3.8) is 0 Å². The van der Waals surface area contributed by atoms with E-state index in [2.05, 4.69) is 0 Å². The van der Waals surface area contributed by atoms with E-state index in [4.69, 9.17) is 4.74 Å². The Bertz CT molecular complexity index is 444. The van der Waals surface area contributed by atoms with Gasteiger partial charge < -0.3 is 4.74 Å². The van der Waals surface area contributed by atoms with Gasteiger partial charge in [0.05, 0.1) is 5.92 Å². The second-order valence-electron chi connectivity index (χ2n) is 4.46. The minimum absolute atomic E-state index is 0.0175. The van der Waals surface area contributed by atoms with Crippen LogP contribution in [-0.4, -0.2) is 23.6 Å².